The quantitative estimate of drug-likeness (QED) is 0.830. The van der Waals surface area contributed by atoms with Gasteiger partial charge in [-0.1, -0.05) is 13.8 Å². The van der Waals surface area contributed by atoms with Crippen molar-refractivity contribution in [3.05, 3.63) is 0 Å². The van der Waals surface area contributed by atoms with E-state index in [2.05, 4.69) is 0.0568 Å². The van der Waals surface area contributed by atoms with Crippen molar-refractivity contribution in [3.8, 4) is 0 Å². The van der Waals surface area contributed by atoms with Gasteiger partial charge in [0.2, 0.25) is 0 Å². The Kier molecular flexibility index (Phi) is 11.2. The van der Waals surface area contributed by atoms with Crippen LogP contribution in [0.25, 0.3) is 0 Å². The Labute approximate surface area is 112 Å². The molecule has 0 aromatic rings. The van der Waals surface area contributed by atoms with Crippen molar-refractivity contribution in [1.29, 1.82) is 0 Å². The van der Waals surface area contributed by atoms with Crippen LogP contribution in [0.4, 0.5) is 0 Å². The van der Waals surface area contributed by atoms with Gasteiger partial charge in [-0.15, -0.1) is 0 Å². The Balaban J connectivity index is 0. The summed E-state index contributed by atoms with van der Waals surface area (Å²) >= 11 is 1.58. The van der Waals surface area contributed by atoms with Gasteiger partial charge in [0, 0.05) is 0 Å². The minimum atomic E-state index is -0.741. The van der Waals surface area contributed by atoms with Crippen LogP contribution >= 0.6 is 0 Å². The van der Waals surface area contributed by atoms with Gasteiger partial charge in [0.1, 0.15) is 0 Å². The number of rotatable bonds is 2. The maximum absolute atomic E-state index is 10.3. The summed E-state index contributed by atoms with van der Waals surface area (Å²) in [6.07, 6.45) is 0. The molecule has 13 heavy (non-hydrogen) atoms. The minimum absolute atomic E-state index is 0.00287. The Bertz CT molecular complexity index is 166. The number of carboxylic acids is 1. The predicted octanol–water partition coefficient (Wildman–Crippen LogP) is 1.11. The van der Waals surface area contributed by atoms with Gasteiger partial charge in [0.15, 0.2) is 0 Å². The van der Waals surface area contributed by atoms with E-state index in [1.54, 1.807) is 74.9 Å². The zero-order valence-electron chi connectivity index (χ0n) is 8.20. The van der Waals surface area contributed by atoms with Gasteiger partial charge in [0.25, 0.3) is 0 Å². The Hall–Kier alpha value is 0.511. The summed E-state index contributed by atoms with van der Waals surface area (Å²) < 4.78 is 4.34. The molecule has 0 atom stereocenters. The van der Waals surface area contributed by atoms with Gasteiger partial charge in [-0.2, -0.15) is 0 Å². The monoisotopic (exact) mass is 308 g/mol. The molecule has 0 unspecified atom stereocenters. The molecule has 0 amide bonds. The molecular weight excluding hydrogens is 291 g/mol. The topological polar surface area (TPSA) is 63.6 Å². The van der Waals surface area contributed by atoms with Gasteiger partial charge in [-0.05, 0) is 0 Å². The number of hydrogen-bond acceptors (Lipinski definition) is 3. The molecule has 0 bridgehead atoms. The van der Waals surface area contributed by atoms with E-state index in [-0.39, 0.29) is 17.8 Å². The van der Waals surface area contributed by atoms with E-state index in [4.69, 9.17) is 5.11 Å². The third-order valence-electron chi connectivity index (χ3n) is 1.04. The predicted molar refractivity (Wildman–Crippen MR) is 44.8 cm³/mol. The van der Waals surface area contributed by atoms with Crippen molar-refractivity contribution in [1.82, 2.24) is 0 Å². The first kappa shape index (κ1) is 16.0. The molecule has 0 aromatic heterocycles. The van der Waals surface area contributed by atoms with E-state index >= 15 is 0 Å². The Morgan fingerprint density at radius 3 is 1.46 bits per heavy atom. The molecule has 0 aliphatic carbocycles. The zero-order valence-corrected chi connectivity index (χ0v) is 10.4. The van der Waals surface area contributed by atoms with Crippen LogP contribution in [0.5, 0.6) is 0 Å². The van der Waals surface area contributed by atoms with E-state index in [0.29, 0.717) is 0 Å². The second kappa shape index (κ2) is 9.08. The van der Waals surface area contributed by atoms with Gasteiger partial charge >= 0.3 is 83.8 Å². The van der Waals surface area contributed by atoms with Gasteiger partial charge in [0.05, 0.1) is 5.92 Å². The van der Waals surface area contributed by atoms with Crippen LogP contribution in [-0.4, -0.2) is 17.0 Å². The third-order valence-corrected chi connectivity index (χ3v) is 1.48. The molecule has 0 saturated heterocycles. The summed E-state index contributed by atoms with van der Waals surface area (Å²) in [5, 5.41) is 7.99. The van der Waals surface area contributed by atoms with E-state index < -0.39 is 5.97 Å². The molecule has 0 spiro atoms. The fourth-order valence-corrected chi connectivity index (χ4v) is 0.598. The normalized spacial score (nSPS) is 9.23. The zero-order chi connectivity index (χ0) is 11.0. The summed E-state index contributed by atoms with van der Waals surface area (Å²) in [6.45, 7) is 6.87. The van der Waals surface area contributed by atoms with Crippen LogP contribution in [0.3, 0.4) is 0 Å². The van der Waals surface area contributed by atoms with Crippen molar-refractivity contribution in [3.63, 3.8) is 0 Å². The molecule has 0 rings (SSSR count). The Morgan fingerprint density at radius 2 is 1.46 bits per heavy atom. The summed E-state index contributed by atoms with van der Waals surface area (Å²) in [7, 11) is 0. The number of hydrogen-bond donors (Lipinski definition) is 1. The van der Waals surface area contributed by atoms with Crippen LogP contribution in [0.1, 0.15) is 27.7 Å². The van der Waals surface area contributed by atoms with E-state index in [1.165, 1.54) is 0 Å². The molecule has 0 aliphatic rings. The first-order chi connectivity index (χ1) is 5.82. The number of carbonyl (C=O) groups excluding carboxylic acids is 1. The van der Waals surface area contributed by atoms with Gasteiger partial charge in [-0.25, -0.2) is 0 Å². The van der Waals surface area contributed by atoms with Crippen LogP contribution in [0, 0.1) is 59.0 Å². The number of aliphatic carboxylic acids is 1. The number of carbonyl (C=O) groups is 2. The second-order valence-electron chi connectivity index (χ2n) is 3.04. The van der Waals surface area contributed by atoms with Crippen LogP contribution in [0.2, 0.25) is 0 Å². The van der Waals surface area contributed by atoms with E-state index in [1.807, 2.05) is 0 Å². The third kappa shape index (κ3) is 12.5. The SMILES string of the molecule is CC(C)C(=O)O.CC(C)C(=O)O[XeH]. The molecule has 0 aromatic carbocycles. The van der Waals surface area contributed by atoms with Crippen LogP contribution in [0.15, 0.2) is 0 Å². The fraction of sp³-hybridized carbons (Fsp3) is 0.750. The average Bonchev–Trinajstić information content (AvgIpc) is 2.03. The molecule has 0 saturated carbocycles. The van der Waals surface area contributed by atoms with Crippen molar-refractivity contribution < 1.29 is 62.0 Å². The molecular formula is C8H16O4Xe. The first-order valence-corrected chi connectivity index (χ1v) is 4.76. The fourth-order valence-electron chi connectivity index (χ4n) is 0.0891. The van der Waals surface area contributed by atoms with Gasteiger partial charge < -0.3 is 5.11 Å². The van der Waals surface area contributed by atoms with Crippen molar-refractivity contribution in [2.24, 2.45) is 11.8 Å². The summed E-state index contributed by atoms with van der Waals surface area (Å²) in [4.78, 5) is 20.0. The molecule has 80 valence electrons. The summed E-state index contributed by atoms with van der Waals surface area (Å²) in [5.74, 6) is -1.14. The standard InChI is InChI=1S/C4H8O2Xe.C4H8O2/c1-3(2)4(5)6-7;1-3(2)4(5)6/h3,7H,1-2H3;3H,1-2H3,(H,5,6). The molecule has 1 N–H and O–H groups in total. The second-order valence-corrected chi connectivity index (χ2v) is 3.48. The van der Waals surface area contributed by atoms with Crippen LogP contribution < -0.4 is 0 Å². The molecule has 0 fully saturated rings. The average molecular weight is 308 g/mol. The Morgan fingerprint density at radius 1 is 1.15 bits per heavy atom. The molecule has 5 heteroatoms. The van der Waals surface area contributed by atoms with Crippen LogP contribution in [-0.2, 0) is 9.65 Å². The van der Waals surface area contributed by atoms with Crippen molar-refractivity contribution in [2.45, 2.75) is 27.7 Å². The first-order valence-electron chi connectivity index (χ1n) is 3.88. The van der Waals surface area contributed by atoms with Crippen molar-refractivity contribution in [2.75, 3.05) is 0 Å². The summed E-state index contributed by atoms with van der Waals surface area (Å²) in [5.41, 5.74) is 0. The van der Waals surface area contributed by atoms with Crippen molar-refractivity contribution >= 4 is 11.9 Å². The van der Waals surface area contributed by atoms with E-state index in [9.17, 15) is 9.59 Å². The molecule has 0 aliphatic heterocycles. The van der Waals surface area contributed by atoms with E-state index in [0.717, 1.165) is 0 Å². The maximum atomic E-state index is 10.3. The van der Waals surface area contributed by atoms with Gasteiger partial charge in [-0.3, -0.25) is 4.79 Å². The number of carboxylic acid groups (broad SMARTS) is 1. The molecule has 4 nitrogen and oxygen atoms in total. The summed E-state index contributed by atoms with van der Waals surface area (Å²) in [6, 6.07) is 0. The molecule has 0 radical (unpaired) electrons. The molecule has 0 heterocycles.